The highest BCUT2D eigenvalue weighted by Gasteiger charge is 2.32. The normalized spacial score (nSPS) is 10.7. The maximum absolute atomic E-state index is 13.4. The van der Waals surface area contributed by atoms with E-state index in [0.29, 0.717) is 97.7 Å². The van der Waals surface area contributed by atoms with Crippen molar-refractivity contribution in [2.75, 3.05) is 123 Å². The summed E-state index contributed by atoms with van der Waals surface area (Å²) in [7, 11) is -2.48. The molecule has 0 aromatic heterocycles. The topological polar surface area (TPSA) is 535 Å². The molecule has 664 valence electrons. The minimum atomic E-state index is -4.23. The van der Waals surface area contributed by atoms with Crippen LogP contribution in [0.2, 0.25) is 0 Å². The van der Waals surface area contributed by atoms with Crippen molar-refractivity contribution in [1.29, 1.82) is 0 Å². The molecule has 12 aromatic carbocycles. The van der Waals surface area contributed by atoms with Crippen molar-refractivity contribution in [3.63, 3.8) is 0 Å². The van der Waals surface area contributed by atoms with Gasteiger partial charge in [0.15, 0.2) is 0 Å². The molecule has 0 atom stereocenters. The van der Waals surface area contributed by atoms with Gasteiger partial charge in [-0.05, 0) is 146 Å². The number of para-hydroxylation sites is 8. The number of methoxy groups -OCH3 is 4. The van der Waals surface area contributed by atoms with Crippen LogP contribution in [0.15, 0.2) is 306 Å². The van der Waals surface area contributed by atoms with Crippen LogP contribution in [-0.4, -0.2) is 151 Å². The monoisotopic (exact) mass is 1820 g/mol. The minimum Gasteiger partial charge on any atom is -0.495 e. The summed E-state index contributed by atoms with van der Waals surface area (Å²) in [6.07, 6.45) is 0. The Morgan fingerprint density at radius 3 is 0.812 bits per heavy atom. The van der Waals surface area contributed by atoms with E-state index in [0.717, 1.165) is 58.3 Å². The third-order valence-electron chi connectivity index (χ3n) is 18.1. The summed E-state index contributed by atoms with van der Waals surface area (Å²) in [4.78, 5) is 96.5. The van der Waals surface area contributed by atoms with E-state index in [2.05, 4.69) is 42.5 Å². The van der Waals surface area contributed by atoms with Crippen molar-refractivity contribution in [3.8, 4) is 23.0 Å². The van der Waals surface area contributed by atoms with Gasteiger partial charge in [0.25, 0.3) is 46.4 Å². The Morgan fingerprint density at radius 2 is 0.555 bits per heavy atom. The fourth-order valence-corrected chi connectivity index (χ4v) is 17.0. The van der Waals surface area contributed by atoms with Gasteiger partial charge in [0.1, 0.15) is 23.0 Å². The second kappa shape index (κ2) is 47.2. The zero-order valence-electron chi connectivity index (χ0n) is 68.7. The number of nitrogens with zero attached hydrogens (tertiary/aromatic N) is 4. The van der Waals surface area contributed by atoms with Gasteiger partial charge >= 0.3 is 0 Å². The van der Waals surface area contributed by atoms with Gasteiger partial charge in [-0.1, -0.05) is 96.3 Å². The Kier molecular flexibility index (Phi) is 35.7. The second-order valence-corrected chi connectivity index (χ2v) is 32.3. The summed E-state index contributed by atoms with van der Waals surface area (Å²) in [6.45, 7) is 1.49. The van der Waals surface area contributed by atoms with E-state index >= 15 is 0 Å². The Labute approximate surface area is 742 Å². The van der Waals surface area contributed by atoms with Gasteiger partial charge in [-0.25, -0.2) is 16.8 Å². The molecule has 40 heteroatoms. The quantitative estimate of drug-likeness (QED) is 0.0128. The van der Waals surface area contributed by atoms with Gasteiger partial charge in [0, 0.05) is 130 Å². The number of ether oxygens (including phenoxy) is 4. The lowest BCUT2D eigenvalue weighted by atomic mass is 10.1. The van der Waals surface area contributed by atoms with Gasteiger partial charge < -0.3 is 83.2 Å². The van der Waals surface area contributed by atoms with Crippen molar-refractivity contribution in [1.82, 2.24) is 0 Å². The van der Waals surface area contributed by atoms with Crippen LogP contribution in [0.5, 0.6) is 23.0 Å². The molecular formula is C88H86N14O22S4. The highest BCUT2D eigenvalue weighted by molar-refractivity contribution is 7.99. The van der Waals surface area contributed by atoms with Gasteiger partial charge in [0.2, 0.25) is 19.7 Å². The van der Waals surface area contributed by atoms with Crippen molar-refractivity contribution in [2.24, 2.45) is 11.5 Å². The number of aliphatic hydroxyl groups excluding tert-OH is 2. The predicted octanol–water partition coefficient (Wildman–Crippen LogP) is 14.9. The number of aliphatic hydroxyl groups is 2. The Balaban J connectivity index is 0.000000193. The number of anilines is 8. The number of benzene rings is 12. The standard InChI is InChI=1S/C22H22N4O6S.C22H22N4O4S.C22H21N3O7S.C22H21N3O5S/c1-32-19-7-3-2-5-17(19)25-22(27)21-18(24-14-13-23)6-4-8-20(21)33(30,31)16-11-9-15(10-12-16)26(28)29;1-30-19-7-3-2-5-17(19)25-22(27)21-18(24-14-13-23)6-4-8-20(21)31-16-11-9-15(10-12-16)26(28)29;1-32-19-7-3-2-5-17(19)24-22(27)21-18(23-13-14-26)6-4-8-20(21)33(30,31)16-11-9-15(10-12-16)25(28)29;1-30-19-7-3-2-5-17(19)24-22(27)21-18(23-13-14-26)6-4-8-20(21)31-16-11-9-15(10-12-16)25(28)29/h2-12,24H,13-14,23H2,1H3,(H,25,27);2-12,24H,13-14,23H2,1H3,(H,25,27);2-12,23,26H,13-14H2,1H3,(H,24,27);2-12,23,26H,13-14H2,1H3,(H,24,27). The van der Waals surface area contributed by atoms with Crippen LogP contribution in [0.25, 0.3) is 0 Å². The number of sulfone groups is 2. The molecule has 0 saturated heterocycles. The van der Waals surface area contributed by atoms with Gasteiger partial charge in [-0.2, -0.15) is 0 Å². The van der Waals surface area contributed by atoms with E-state index in [9.17, 15) is 86.7 Å². The molecule has 14 N–H and O–H groups in total. The van der Waals surface area contributed by atoms with E-state index in [1.165, 1.54) is 107 Å². The first kappa shape index (κ1) is 96.8. The molecule has 0 unspecified atom stereocenters. The van der Waals surface area contributed by atoms with Crippen molar-refractivity contribution < 1.29 is 84.9 Å². The summed E-state index contributed by atoms with van der Waals surface area (Å²) in [5, 5.41) is 85.2. The number of hydrogen-bond acceptors (Lipinski definition) is 30. The molecule has 0 aliphatic rings. The van der Waals surface area contributed by atoms with Gasteiger partial charge in [0.05, 0.1) is 126 Å². The number of carbonyl (C=O) groups is 4. The summed E-state index contributed by atoms with van der Waals surface area (Å²) in [6, 6.07) is 68.2. The number of hydrogen-bond donors (Lipinski definition) is 12. The van der Waals surface area contributed by atoms with Crippen LogP contribution >= 0.6 is 23.5 Å². The molecular weight excluding hydrogens is 1730 g/mol. The fourth-order valence-electron chi connectivity index (χ4n) is 12.1. The average molecular weight is 1820 g/mol. The van der Waals surface area contributed by atoms with Crippen LogP contribution in [0, 0.1) is 40.5 Å². The molecule has 4 amide bonds. The Bertz CT molecular complexity index is 5810. The van der Waals surface area contributed by atoms with E-state index < -0.39 is 51.2 Å². The molecule has 0 heterocycles. The Morgan fingerprint density at radius 1 is 0.320 bits per heavy atom. The van der Waals surface area contributed by atoms with E-state index in [1.807, 2.05) is 30.3 Å². The number of rotatable bonds is 36. The first-order valence-electron chi connectivity index (χ1n) is 38.4. The lowest BCUT2D eigenvalue weighted by Gasteiger charge is -2.17. The minimum absolute atomic E-state index is 0.00291. The summed E-state index contributed by atoms with van der Waals surface area (Å²) in [5.74, 6) is -0.205. The van der Waals surface area contributed by atoms with Crippen molar-refractivity contribution in [2.45, 2.75) is 39.2 Å². The predicted molar refractivity (Wildman–Crippen MR) is 487 cm³/mol. The van der Waals surface area contributed by atoms with Crippen molar-refractivity contribution in [3.05, 3.63) is 330 Å². The maximum Gasteiger partial charge on any atom is 0.269 e. The smallest absolute Gasteiger partial charge is 0.269 e. The zero-order valence-corrected chi connectivity index (χ0v) is 72.0. The van der Waals surface area contributed by atoms with E-state index in [1.54, 1.807) is 133 Å². The molecule has 12 aromatic rings. The lowest BCUT2D eigenvalue weighted by Crippen LogP contribution is -2.21. The van der Waals surface area contributed by atoms with Gasteiger partial charge in [-0.15, -0.1) is 0 Å². The number of nitrogens with one attached hydrogen (secondary N) is 8. The molecule has 0 saturated carbocycles. The third-order valence-corrected chi connectivity index (χ3v) is 23.8. The molecule has 0 radical (unpaired) electrons. The van der Waals surface area contributed by atoms with Crippen LogP contribution < -0.4 is 72.9 Å². The SMILES string of the molecule is COc1ccccc1NC(=O)c1c(NCCN)cccc1S(=O)(=O)c1ccc([N+](=O)[O-])cc1.COc1ccccc1NC(=O)c1c(NCCN)cccc1Sc1ccc([N+](=O)[O-])cc1.COc1ccccc1NC(=O)c1c(NCCO)cccc1S(=O)(=O)c1ccc([N+](=O)[O-])cc1.COc1ccccc1NC(=O)c1c(NCCO)cccc1Sc1ccc([N+](=O)[O-])cc1. The highest BCUT2D eigenvalue weighted by atomic mass is 32.2. The second-order valence-electron chi connectivity index (χ2n) is 26.3. The molecule has 0 aliphatic heterocycles. The maximum atomic E-state index is 13.4. The molecule has 128 heavy (non-hydrogen) atoms. The molecule has 0 aliphatic carbocycles. The van der Waals surface area contributed by atoms with E-state index in [4.69, 9.17) is 30.4 Å². The first-order chi connectivity index (χ1) is 61.6. The number of amides is 4. The third kappa shape index (κ3) is 25.6. The molecule has 0 bridgehead atoms. The summed E-state index contributed by atoms with van der Waals surface area (Å²) < 4.78 is 74.7. The summed E-state index contributed by atoms with van der Waals surface area (Å²) in [5.41, 5.74) is 14.7. The number of non-ortho nitro benzene ring substituents is 4. The zero-order chi connectivity index (χ0) is 92.5. The van der Waals surface area contributed by atoms with Crippen LogP contribution in [0.1, 0.15) is 41.4 Å². The molecule has 0 fully saturated rings. The molecule has 12 rings (SSSR count). The molecule has 0 spiro atoms. The lowest BCUT2D eigenvalue weighted by molar-refractivity contribution is -0.385. The number of nitro groups is 4. The van der Waals surface area contributed by atoms with E-state index in [-0.39, 0.29) is 109 Å². The number of nitrogens with two attached hydrogens (primary N) is 2. The summed E-state index contributed by atoms with van der Waals surface area (Å²) >= 11 is 2.66. The largest absolute Gasteiger partial charge is 0.495 e. The average Bonchev–Trinajstić information content (AvgIpc) is 0.767. The fraction of sp³-hybridized carbons (Fsp3) is 0.136. The first-order valence-corrected chi connectivity index (χ1v) is 43.0. The van der Waals surface area contributed by atoms with Gasteiger partial charge in [-0.3, -0.25) is 59.6 Å². The van der Waals surface area contributed by atoms with Crippen LogP contribution in [-0.2, 0) is 19.7 Å². The Hall–Kier alpha value is -15.0. The number of carbonyl (C=O) groups excluding carboxylic acids is 4. The van der Waals surface area contributed by atoms with Crippen molar-refractivity contribution >= 4 is 135 Å². The van der Waals surface area contributed by atoms with Crippen LogP contribution in [0.3, 0.4) is 0 Å². The molecule has 36 nitrogen and oxygen atoms in total. The number of nitro benzene ring substituents is 4. The highest BCUT2D eigenvalue weighted by Crippen LogP contribution is 2.41. The van der Waals surface area contributed by atoms with Crippen LogP contribution in [0.4, 0.5) is 68.2 Å².